The molecule has 0 radical (unpaired) electrons. The Labute approximate surface area is 120 Å². The topological polar surface area (TPSA) is 54.5 Å². The van der Waals surface area contributed by atoms with E-state index in [4.69, 9.17) is 16.9 Å². The fourth-order valence-electron chi connectivity index (χ4n) is 1.97. The molecule has 0 bridgehead atoms. The largest absolute Gasteiger partial charge is 0.265 e. The van der Waals surface area contributed by atoms with Crippen molar-refractivity contribution in [1.29, 1.82) is 5.26 Å². The smallest absolute Gasteiger partial charge is 0.163 e. The third-order valence-electron chi connectivity index (χ3n) is 2.85. The lowest BCUT2D eigenvalue weighted by molar-refractivity contribution is 0.880. The number of benzene rings is 1. The molecule has 3 rings (SSSR count). The van der Waals surface area contributed by atoms with Crippen molar-refractivity contribution in [3.05, 3.63) is 65.6 Å². The van der Waals surface area contributed by atoms with Crippen LogP contribution in [0.15, 0.2) is 54.9 Å². The van der Waals surface area contributed by atoms with Crippen LogP contribution < -0.4 is 0 Å². The van der Waals surface area contributed by atoms with Gasteiger partial charge >= 0.3 is 0 Å². The van der Waals surface area contributed by atoms with Gasteiger partial charge in [-0.1, -0.05) is 17.7 Å². The fourth-order valence-corrected chi connectivity index (χ4v) is 2.15. The predicted octanol–water partition coefficient (Wildman–Crippen LogP) is 3.46. The van der Waals surface area contributed by atoms with Crippen LogP contribution in [0.3, 0.4) is 0 Å². The van der Waals surface area contributed by atoms with Gasteiger partial charge in [-0.25, -0.2) is 4.68 Å². The Morgan fingerprint density at radius 3 is 2.60 bits per heavy atom. The lowest BCUT2D eigenvalue weighted by Crippen LogP contribution is -1.99. The Kier molecular flexibility index (Phi) is 3.20. The second-order valence-corrected chi connectivity index (χ2v) is 4.59. The van der Waals surface area contributed by atoms with Crippen LogP contribution in [0.25, 0.3) is 16.9 Å². The van der Waals surface area contributed by atoms with E-state index in [0.29, 0.717) is 10.7 Å². The van der Waals surface area contributed by atoms with Crippen molar-refractivity contribution in [1.82, 2.24) is 14.8 Å². The molecule has 96 valence electrons. The maximum Gasteiger partial charge on any atom is 0.163 e. The summed E-state index contributed by atoms with van der Waals surface area (Å²) < 4.78 is 1.71. The molecule has 5 heteroatoms. The van der Waals surface area contributed by atoms with Crippen molar-refractivity contribution in [3.63, 3.8) is 0 Å². The van der Waals surface area contributed by atoms with Gasteiger partial charge in [-0.3, -0.25) is 4.98 Å². The van der Waals surface area contributed by atoms with Gasteiger partial charge in [0.1, 0.15) is 6.07 Å². The van der Waals surface area contributed by atoms with Gasteiger partial charge in [-0.15, -0.1) is 0 Å². The van der Waals surface area contributed by atoms with E-state index in [2.05, 4.69) is 16.2 Å². The SMILES string of the molecule is N#Cc1cc(-c2ccncc2)n(-c2cccc(Cl)c2)n1. The first-order valence-electron chi connectivity index (χ1n) is 5.94. The Morgan fingerprint density at radius 2 is 1.90 bits per heavy atom. The Hall–Kier alpha value is -2.64. The van der Waals surface area contributed by atoms with E-state index in [9.17, 15) is 0 Å². The van der Waals surface area contributed by atoms with Crippen LogP contribution in [0.2, 0.25) is 5.02 Å². The average molecular weight is 281 g/mol. The second-order valence-electron chi connectivity index (χ2n) is 4.15. The lowest BCUT2D eigenvalue weighted by atomic mass is 10.2. The summed E-state index contributed by atoms with van der Waals surface area (Å²) in [6.45, 7) is 0. The highest BCUT2D eigenvalue weighted by Crippen LogP contribution is 2.24. The molecule has 0 spiro atoms. The molecule has 0 unspecified atom stereocenters. The van der Waals surface area contributed by atoms with Crippen LogP contribution in [0.1, 0.15) is 5.69 Å². The monoisotopic (exact) mass is 280 g/mol. The number of rotatable bonds is 2. The molecule has 0 amide bonds. The molecule has 3 aromatic rings. The first-order chi connectivity index (χ1) is 9.78. The minimum absolute atomic E-state index is 0.358. The first-order valence-corrected chi connectivity index (χ1v) is 6.32. The van der Waals surface area contributed by atoms with Gasteiger partial charge in [0.15, 0.2) is 5.69 Å². The number of halogens is 1. The summed E-state index contributed by atoms with van der Waals surface area (Å²) in [4.78, 5) is 4.00. The lowest BCUT2D eigenvalue weighted by Gasteiger charge is -2.07. The minimum Gasteiger partial charge on any atom is -0.265 e. The Bertz CT molecular complexity index is 787. The standard InChI is InChI=1S/C15H9ClN4/c16-12-2-1-3-14(8-12)20-15(9-13(10-17)19-20)11-4-6-18-7-5-11/h1-9H. The molecule has 0 aliphatic carbocycles. The number of nitrogens with zero attached hydrogens (tertiary/aromatic N) is 4. The minimum atomic E-state index is 0.358. The fraction of sp³-hybridized carbons (Fsp3) is 0. The summed E-state index contributed by atoms with van der Waals surface area (Å²) in [6, 6.07) is 14.9. The molecule has 0 saturated heterocycles. The normalized spacial score (nSPS) is 10.2. The molecule has 4 nitrogen and oxygen atoms in total. The van der Waals surface area contributed by atoms with E-state index in [-0.39, 0.29) is 0 Å². The predicted molar refractivity (Wildman–Crippen MR) is 76.5 cm³/mol. The zero-order chi connectivity index (χ0) is 13.9. The molecule has 0 aliphatic heterocycles. The summed E-state index contributed by atoms with van der Waals surface area (Å²) >= 11 is 6.02. The van der Waals surface area contributed by atoms with E-state index in [1.807, 2.05) is 24.3 Å². The number of nitriles is 1. The van der Waals surface area contributed by atoms with Crippen LogP contribution in [0.4, 0.5) is 0 Å². The highest BCUT2D eigenvalue weighted by Gasteiger charge is 2.11. The number of pyridine rings is 1. The third kappa shape index (κ3) is 2.27. The van der Waals surface area contributed by atoms with Gasteiger partial charge < -0.3 is 0 Å². The van der Waals surface area contributed by atoms with Crippen molar-refractivity contribution in [2.24, 2.45) is 0 Å². The zero-order valence-electron chi connectivity index (χ0n) is 10.4. The van der Waals surface area contributed by atoms with Gasteiger partial charge in [0.25, 0.3) is 0 Å². The van der Waals surface area contributed by atoms with Crippen LogP contribution in [0, 0.1) is 11.3 Å². The molecule has 0 atom stereocenters. The van der Waals surface area contributed by atoms with E-state index in [1.165, 1.54) is 0 Å². The van der Waals surface area contributed by atoms with Crippen LogP contribution in [-0.2, 0) is 0 Å². The summed E-state index contributed by atoms with van der Waals surface area (Å²) in [5.74, 6) is 0. The Balaban J connectivity index is 2.21. The number of hydrogen-bond acceptors (Lipinski definition) is 3. The van der Waals surface area contributed by atoms with Gasteiger partial charge in [-0.05, 0) is 30.3 Å². The number of hydrogen-bond donors (Lipinski definition) is 0. The summed E-state index contributed by atoms with van der Waals surface area (Å²) in [5.41, 5.74) is 2.93. The van der Waals surface area contributed by atoms with E-state index >= 15 is 0 Å². The summed E-state index contributed by atoms with van der Waals surface area (Å²) in [7, 11) is 0. The molecule has 0 fully saturated rings. The highest BCUT2D eigenvalue weighted by atomic mass is 35.5. The van der Waals surface area contributed by atoms with E-state index < -0.39 is 0 Å². The summed E-state index contributed by atoms with van der Waals surface area (Å²) in [5, 5.41) is 14.0. The van der Waals surface area contributed by atoms with E-state index in [0.717, 1.165) is 16.9 Å². The second kappa shape index (κ2) is 5.16. The highest BCUT2D eigenvalue weighted by molar-refractivity contribution is 6.30. The van der Waals surface area contributed by atoms with Crippen LogP contribution >= 0.6 is 11.6 Å². The molecule has 0 saturated carbocycles. The maximum absolute atomic E-state index is 9.06. The summed E-state index contributed by atoms with van der Waals surface area (Å²) in [6.07, 6.45) is 3.41. The maximum atomic E-state index is 9.06. The van der Waals surface area contributed by atoms with E-state index in [1.54, 1.807) is 35.3 Å². The number of aromatic nitrogens is 3. The van der Waals surface area contributed by atoms with Gasteiger partial charge in [0.05, 0.1) is 11.4 Å². The zero-order valence-corrected chi connectivity index (χ0v) is 11.1. The van der Waals surface area contributed by atoms with Crippen molar-refractivity contribution in [2.45, 2.75) is 0 Å². The van der Waals surface area contributed by atoms with Crippen LogP contribution in [0.5, 0.6) is 0 Å². The average Bonchev–Trinajstić information content (AvgIpc) is 2.92. The first kappa shape index (κ1) is 12.4. The quantitative estimate of drug-likeness (QED) is 0.722. The van der Waals surface area contributed by atoms with Crippen LogP contribution in [-0.4, -0.2) is 14.8 Å². The van der Waals surface area contributed by atoms with Crippen molar-refractivity contribution < 1.29 is 0 Å². The van der Waals surface area contributed by atoms with Crippen molar-refractivity contribution in [2.75, 3.05) is 0 Å². The molecule has 0 N–H and O–H groups in total. The molecular formula is C15H9ClN4. The molecule has 2 aromatic heterocycles. The Morgan fingerprint density at radius 1 is 1.10 bits per heavy atom. The molecule has 2 heterocycles. The van der Waals surface area contributed by atoms with Crippen molar-refractivity contribution >= 4 is 11.6 Å². The third-order valence-corrected chi connectivity index (χ3v) is 3.09. The van der Waals surface area contributed by atoms with Gasteiger partial charge in [-0.2, -0.15) is 10.4 Å². The van der Waals surface area contributed by atoms with Gasteiger partial charge in [0, 0.05) is 29.0 Å². The molecule has 20 heavy (non-hydrogen) atoms. The molecule has 1 aromatic carbocycles. The van der Waals surface area contributed by atoms with Crippen molar-refractivity contribution in [3.8, 4) is 23.0 Å². The molecule has 0 aliphatic rings. The molecular weight excluding hydrogens is 272 g/mol. The van der Waals surface area contributed by atoms with Gasteiger partial charge in [0.2, 0.25) is 0 Å².